The summed E-state index contributed by atoms with van der Waals surface area (Å²) in [6.45, 7) is 3.33. The topological polar surface area (TPSA) is 24.9 Å². The maximum Gasteiger partial charge on any atom is 0.0813 e. The highest BCUT2D eigenvalue weighted by molar-refractivity contribution is 7.16. The van der Waals surface area contributed by atoms with Gasteiger partial charge in [-0.2, -0.15) is 0 Å². The third kappa shape index (κ3) is 3.70. The van der Waals surface area contributed by atoms with Gasteiger partial charge in [0.25, 0.3) is 0 Å². The normalized spacial score (nSPS) is 10.9. The average Bonchev–Trinajstić information content (AvgIpc) is 2.81. The molecule has 0 amide bonds. The van der Waals surface area contributed by atoms with Crippen LogP contribution in [0.5, 0.6) is 0 Å². The van der Waals surface area contributed by atoms with Crippen molar-refractivity contribution in [2.24, 2.45) is 0 Å². The number of rotatable bonds is 7. The van der Waals surface area contributed by atoms with E-state index in [2.05, 4.69) is 35.4 Å². The predicted molar refractivity (Wildman–Crippen MR) is 76.9 cm³/mol. The zero-order valence-electron chi connectivity index (χ0n) is 10.4. The van der Waals surface area contributed by atoms with Gasteiger partial charge in [0.2, 0.25) is 0 Å². The number of thiazole rings is 1. The van der Waals surface area contributed by atoms with Crippen molar-refractivity contribution in [2.75, 3.05) is 11.9 Å². The van der Waals surface area contributed by atoms with Crippen molar-refractivity contribution < 1.29 is 0 Å². The number of aromatic nitrogens is 1. The van der Waals surface area contributed by atoms with Gasteiger partial charge in [0.05, 0.1) is 15.7 Å². The average molecular weight is 248 g/mol. The largest absolute Gasteiger partial charge is 0.385 e. The molecule has 0 aliphatic heterocycles. The highest BCUT2D eigenvalue weighted by Crippen LogP contribution is 2.21. The van der Waals surface area contributed by atoms with Gasteiger partial charge < -0.3 is 5.32 Å². The molecule has 1 aromatic heterocycles. The van der Waals surface area contributed by atoms with E-state index in [1.54, 1.807) is 11.3 Å². The third-order valence-electron chi connectivity index (χ3n) is 2.94. The van der Waals surface area contributed by atoms with Crippen molar-refractivity contribution in [1.29, 1.82) is 0 Å². The van der Waals surface area contributed by atoms with Gasteiger partial charge >= 0.3 is 0 Å². The molecule has 0 aliphatic rings. The molecule has 0 radical (unpaired) electrons. The number of fused-ring (bicyclic) bond motifs is 1. The smallest absolute Gasteiger partial charge is 0.0813 e. The summed E-state index contributed by atoms with van der Waals surface area (Å²) in [6.07, 6.45) is 6.65. The van der Waals surface area contributed by atoms with Crippen LogP contribution < -0.4 is 5.32 Å². The third-order valence-corrected chi connectivity index (χ3v) is 3.73. The van der Waals surface area contributed by atoms with Crippen molar-refractivity contribution in [2.45, 2.75) is 39.0 Å². The van der Waals surface area contributed by atoms with E-state index in [4.69, 9.17) is 0 Å². The van der Waals surface area contributed by atoms with Gasteiger partial charge in [-0.15, -0.1) is 11.3 Å². The highest BCUT2D eigenvalue weighted by atomic mass is 32.1. The van der Waals surface area contributed by atoms with Gasteiger partial charge in [-0.05, 0) is 24.6 Å². The lowest BCUT2D eigenvalue weighted by atomic mass is 10.1. The van der Waals surface area contributed by atoms with Crippen LogP contribution in [0, 0.1) is 0 Å². The van der Waals surface area contributed by atoms with Crippen molar-refractivity contribution in [3.8, 4) is 0 Å². The predicted octanol–water partition coefficient (Wildman–Crippen LogP) is 4.68. The number of benzene rings is 1. The molecule has 0 atom stereocenters. The van der Waals surface area contributed by atoms with Gasteiger partial charge in [-0.3, -0.25) is 0 Å². The minimum Gasteiger partial charge on any atom is -0.385 e. The van der Waals surface area contributed by atoms with Crippen LogP contribution >= 0.6 is 11.3 Å². The minimum absolute atomic E-state index is 1.08. The van der Waals surface area contributed by atoms with E-state index in [1.165, 1.54) is 42.5 Å². The van der Waals surface area contributed by atoms with Crippen molar-refractivity contribution in [3.63, 3.8) is 0 Å². The molecule has 2 aromatic rings. The number of nitrogens with zero attached hydrogens (tertiary/aromatic N) is 1. The Balaban J connectivity index is 1.75. The Kier molecular flexibility index (Phi) is 4.80. The summed E-state index contributed by atoms with van der Waals surface area (Å²) >= 11 is 1.70. The van der Waals surface area contributed by atoms with Crippen LogP contribution in [0.4, 0.5) is 5.69 Å². The monoisotopic (exact) mass is 248 g/mol. The van der Waals surface area contributed by atoms with E-state index in [1.807, 2.05) is 5.51 Å². The molecule has 17 heavy (non-hydrogen) atoms. The van der Waals surface area contributed by atoms with Crippen molar-refractivity contribution in [1.82, 2.24) is 4.98 Å². The molecule has 0 aliphatic carbocycles. The Morgan fingerprint density at radius 3 is 2.94 bits per heavy atom. The van der Waals surface area contributed by atoms with Crippen LogP contribution in [-0.2, 0) is 0 Å². The second kappa shape index (κ2) is 6.60. The second-order valence-electron chi connectivity index (χ2n) is 4.38. The Morgan fingerprint density at radius 2 is 2.06 bits per heavy atom. The molecule has 0 unspecified atom stereocenters. The first-order valence-corrected chi connectivity index (χ1v) is 7.35. The fraction of sp³-hybridized carbons (Fsp3) is 0.500. The first-order chi connectivity index (χ1) is 8.40. The number of anilines is 1. The zero-order valence-corrected chi connectivity index (χ0v) is 11.2. The summed E-state index contributed by atoms with van der Waals surface area (Å²) in [6, 6.07) is 6.40. The van der Waals surface area contributed by atoms with E-state index >= 15 is 0 Å². The van der Waals surface area contributed by atoms with Crippen LogP contribution in [0.15, 0.2) is 23.7 Å². The van der Waals surface area contributed by atoms with Gasteiger partial charge in [0, 0.05) is 12.2 Å². The fourth-order valence-corrected chi connectivity index (χ4v) is 2.64. The van der Waals surface area contributed by atoms with E-state index < -0.39 is 0 Å². The van der Waals surface area contributed by atoms with Crippen molar-refractivity contribution in [3.05, 3.63) is 23.7 Å². The Labute approximate surface area is 107 Å². The maximum absolute atomic E-state index is 4.28. The van der Waals surface area contributed by atoms with Crippen LogP contribution in [0.25, 0.3) is 10.2 Å². The summed E-state index contributed by atoms with van der Waals surface area (Å²) in [5.41, 5.74) is 4.22. The Bertz CT molecular complexity index is 450. The van der Waals surface area contributed by atoms with Crippen LogP contribution in [0.3, 0.4) is 0 Å². The lowest BCUT2D eigenvalue weighted by molar-refractivity contribution is 0.645. The number of nitrogens with one attached hydrogen (secondary N) is 1. The van der Waals surface area contributed by atoms with E-state index in [9.17, 15) is 0 Å². The molecule has 92 valence electrons. The molecule has 0 saturated heterocycles. The summed E-state index contributed by atoms with van der Waals surface area (Å²) in [4.78, 5) is 4.28. The molecular weight excluding hydrogens is 228 g/mol. The minimum atomic E-state index is 1.08. The summed E-state index contributed by atoms with van der Waals surface area (Å²) in [5.74, 6) is 0. The highest BCUT2D eigenvalue weighted by Gasteiger charge is 1.98. The molecule has 3 heteroatoms. The number of hydrogen-bond donors (Lipinski definition) is 1. The molecule has 0 saturated carbocycles. The molecule has 1 heterocycles. The zero-order chi connectivity index (χ0) is 11.9. The molecular formula is C14H20N2S. The molecule has 1 N–H and O–H groups in total. The SMILES string of the molecule is CCCCCCCNc1ccc2ncsc2c1. The number of hydrogen-bond acceptors (Lipinski definition) is 3. The standard InChI is InChI=1S/C14H20N2S/c1-2-3-4-5-6-9-15-12-7-8-13-14(10-12)17-11-16-13/h7-8,10-11,15H,2-6,9H2,1H3. The first kappa shape index (κ1) is 12.4. The molecule has 0 fully saturated rings. The Morgan fingerprint density at radius 1 is 1.18 bits per heavy atom. The van der Waals surface area contributed by atoms with Crippen LogP contribution in [0.1, 0.15) is 39.0 Å². The molecule has 2 nitrogen and oxygen atoms in total. The van der Waals surface area contributed by atoms with Gasteiger partial charge in [0.15, 0.2) is 0 Å². The summed E-state index contributed by atoms with van der Waals surface area (Å²) in [7, 11) is 0. The lowest BCUT2D eigenvalue weighted by Gasteiger charge is -2.05. The summed E-state index contributed by atoms with van der Waals surface area (Å²) in [5, 5.41) is 3.48. The van der Waals surface area contributed by atoms with Gasteiger partial charge in [-0.1, -0.05) is 32.6 Å². The van der Waals surface area contributed by atoms with E-state index in [-0.39, 0.29) is 0 Å². The van der Waals surface area contributed by atoms with E-state index in [0.29, 0.717) is 0 Å². The molecule has 0 bridgehead atoms. The van der Waals surface area contributed by atoms with Crippen LogP contribution in [0.2, 0.25) is 0 Å². The van der Waals surface area contributed by atoms with Gasteiger partial charge in [-0.25, -0.2) is 4.98 Å². The van der Waals surface area contributed by atoms with Gasteiger partial charge in [0.1, 0.15) is 0 Å². The number of unbranched alkanes of at least 4 members (excludes halogenated alkanes) is 4. The molecule has 1 aromatic carbocycles. The maximum atomic E-state index is 4.28. The lowest BCUT2D eigenvalue weighted by Crippen LogP contribution is -2.00. The first-order valence-electron chi connectivity index (χ1n) is 6.47. The molecule has 2 rings (SSSR count). The van der Waals surface area contributed by atoms with Crippen LogP contribution in [-0.4, -0.2) is 11.5 Å². The summed E-state index contributed by atoms with van der Waals surface area (Å²) < 4.78 is 1.26. The second-order valence-corrected chi connectivity index (χ2v) is 5.26. The fourth-order valence-electron chi connectivity index (χ4n) is 1.93. The van der Waals surface area contributed by atoms with Crippen molar-refractivity contribution >= 4 is 27.2 Å². The van der Waals surface area contributed by atoms with E-state index in [0.717, 1.165) is 12.1 Å². The quantitative estimate of drug-likeness (QED) is 0.720. The Hall–Kier alpha value is -1.09. The molecule has 0 spiro atoms.